The normalized spacial score (nSPS) is 13.7. The van der Waals surface area contributed by atoms with Crippen LogP contribution in [-0.2, 0) is 11.3 Å². The molecule has 1 aromatic heterocycles. The molecule has 36 heavy (non-hydrogen) atoms. The molecule has 1 fully saturated rings. The molecular formula is C27H27FN2O6. The maximum atomic E-state index is 13.3. The molecule has 0 radical (unpaired) electrons. The summed E-state index contributed by atoms with van der Waals surface area (Å²) in [5.74, 6) is 0.811. The van der Waals surface area contributed by atoms with Crippen molar-refractivity contribution in [1.29, 1.82) is 0 Å². The fourth-order valence-corrected chi connectivity index (χ4v) is 3.69. The van der Waals surface area contributed by atoms with Crippen molar-refractivity contribution in [3.05, 3.63) is 83.9 Å². The van der Waals surface area contributed by atoms with Crippen LogP contribution in [0.3, 0.4) is 0 Å². The minimum Gasteiger partial charge on any atom is -0.490 e. The van der Waals surface area contributed by atoms with Crippen LogP contribution in [0.5, 0.6) is 17.2 Å². The molecule has 0 spiro atoms. The largest absolute Gasteiger partial charge is 0.490 e. The van der Waals surface area contributed by atoms with Crippen LogP contribution in [0.1, 0.15) is 35.8 Å². The van der Waals surface area contributed by atoms with Crippen LogP contribution in [0.4, 0.5) is 9.18 Å². The maximum Gasteiger partial charge on any atom is 0.415 e. The molecular weight excluding hydrogens is 467 g/mol. The third kappa shape index (κ3) is 6.94. The summed E-state index contributed by atoms with van der Waals surface area (Å²) in [6.45, 7) is 3.23. The Balaban J connectivity index is 1.20. The average molecular weight is 495 g/mol. The predicted molar refractivity (Wildman–Crippen MR) is 129 cm³/mol. The van der Waals surface area contributed by atoms with Gasteiger partial charge in [0.2, 0.25) is 0 Å². The van der Waals surface area contributed by atoms with Gasteiger partial charge in [0, 0.05) is 25.9 Å². The standard InChI is InChI=1S/C27H27FN2O6/c1-2-33-26(31)25-11-10-24(17-29-25)36-27(32)30-14-12-23(13-15-30)35-22-8-6-21(7-9-22)34-18-19-4-3-5-20(28)16-19/h3-11,16-17,23H,2,12-15,18H2,1H3. The van der Waals surface area contributed by atoms with Crippen molar-refractivity contribution in [2.24, 2.45) is 0 Å². The van der Waals surface area contributed by atoms with Crippen LogP contribution in [-0.4, -0.2) is 47.7 Å². The van der Waals surface area contributed by atoms with Gasteiger partial charge < -0.3 is 23.8 Å². The number of likely N-dealkylation sites (tertiary alicyclic amines) is 1. The van der Waals surface area contributed by atoms with Crippen molar-refractivity contribution in [3.8, 4) is 17.2 Å². The smallest absolute Gasteiger partial charge is 0.415 e. The van der Waals surface area contributed by atoms with E-state index in [2.05, 4.69) is 4.98 Å². The van der Waals surface area contributed by atoms with Gasteiger partial charge in [0.05, 0.1) is 12.8 Å². The molecule has 188 valence electrons. The summed E-state index contributed by atoms with van der Waals surface area (Å²) in [4.78, 5) is 29.7. The van der Waals surface area contributed by atoms with Gasteiger partial charge in [0.15, 0.2) is 5.75 Å². The van der Waals surface area contributed by atoms with E-state index < -0.39 is 12.1 Å². The summed E-state index contributed by atoms with van der Waals surface area (Å²) < 4.78 is 35.3. The van der Waals surface area contributed by atoms with Gasteiger partial charge in [-0.3, -0.25) is 0 Å². The molecule has 0 atom stereocenters. The molecule has 1 saturated heterocycles. The van der Waals surface area contributed by atoms with Gasteiger partial charge in [-0.2, -0.15) is 0 Å². The van der Waals surface area contributed by atoms with E-state index in [0.29, 0.717) is 37.4 Å². The highest BCUT2D eigenvalue weighted by Crippen LogP contribution is 2.23. The zero-order valence-electron chi connectivity index (χ0n) is 19.9. The van der Waals surface area contributed by atoms with Crippen molar-refractivity contribution in [2.45, 2.75) is 32.5 Å². The third-order valence-electron chi connectivity index (χ3n) is 5.55. The van der Waals surface area contributed by atoms with Gasteiger partial charge in [-0.25, -0.2) is 19.0 Å². The number of carbonyl (C=O) groups excluding carboxylic acids is 2. The molecule has 2 heterocycles. The lowest BCUT2D eigenvalue weighted by Crippen LogP contribution is -2.43. The van der Waals surface area contributed by atoms with E-state index in [0.717, 1.165) is 5.56 Å². The van der Waals surface area contributed by atoms with Crippen LogP contribution >= 0.6 is 0 Å². The van der Waals surface area contributed by atoms with Crippen molar-refractivity contribution >= 4 is 12.1 Å². The predicted octanol–water partition coefficient (Wildman–Crippen LogP) is 5.02. The summed E-state index contributed by atoms with van der Waals surface area (Å²) in [6, 6.07) is 16.5. The Labute approximate surface area is 208 Å². The fraction of sp³-hybridized carbons (Fsp3) is 0.296. The Morgan fingerprint density at radius 1 is 1.00 bits per heavy atom. The summed E-state index contributed by atoms with van der Waals surface area (Å²) in [5, 5.41) is 0. The topological polar surface area (TPSA) is 87.2 Å². The van der Waals surface area contributed by atoms with E-state index in [-0.39, 0.29) is 36.6 Å². The molecule has 1 amide bonds. The fourth-order valence-electron chi connectivity index (χ4n) is 3.69. The minimum atomic E-state index is -0.525. The SMILES string of the molecule is CCOC(=O)c1ccc(OC(=O)N2CCC(Oc3ccc(OCc4cccc(F)c4)cc3)CC2)cn1. The number of ether oxygens (including phenoxy) is 4. The van der Waals surface area contributed by atoms with Crippen molar-refractivity contribution < 1.29 is 32.9 Å². The number of amides is 1. The zero-order valence-corrected chi connectivity index (χ0v) is 19.9. The van der Waals surface area contributed by atoms with Crippen LogP contribution in [0, 0.1) is 5.82 Å². The van der Waals surface area contributed by atoms with E-state index in [1.54, 1.807) is 24.0 Å². The molecule has 3 aromatic rings. The number of esters is 1. The van der Waals surface area contributed by atoms with Gasteiger partial charge in [-0.1, -0.05) is 12.1 Å². The number of rotatable bonds is 8. The van der Waals surface area contributed by atoms with Crippen LogP contribution < -0.4 is 14.2 Å². The number of piperidine rings is 1. The van der Waals surface area contributed by atoms with Gasteiger partial charge in [-0.15, -0.1) is 0 Å². The van der Waals surface area contributed by atoms with Crippen LogP contribution in [0.15, 0.2) is 66.9 Å². The summed E-state index contributed by atoms with van der Waals surface area (Å²) >= 11 is 0. The van der Waals surface area contributed by atoms with E-state index in [1.807, 2.05) is 24.3 Å². The number of nitrogens with zero attached hydrogens (tertiary/aromatic N) is 2. The Morgan fingerprint density at radius 2 is 1.72 bits per heavy atom. The second kappa shape index (κ2) is 12.0. The monoisotopic (exact) mass is 494 g/mol. The number of aromatic nitrogens is 1. The molecule has 0 aliphatic carbocycles. The summed E-state index contributed by atoms with van der Waals surface area (Å²) in [5.41, 5.74) is 0.909. The Kier molecular flexibility index (Phi) is 8.33. The average Bonchev–Trinajstić information content (AvgIpc) is 2.89. The lowest BCUT2D eigenvalue weighted by atomic mass is 10.1. The molecule has 0 unspecified atom stereocenters. The van der Waals surface area contributed by atoms with Crippen molar-refractivity contribution in [1.82, 2.24) is 9.88 Å². The number of benzene rings is 2. The lowest BCUT2D eigenvalue weighted by Gasteiger charge is -2.31. The second-order valence-electron chi connectivity index (χ2n) is 8.16. The quantitative estimate of drug-likeness (QED) is 0.407. The lowest BCUT2D eigenvalue weighted by molar-refractivity contribution is 0.0519. The third-order valence-corrected chi connectivity index (χ3v) is 5.55. The van der Waals surface area contributed by atoms with Gasteiger partial charge in [-0.05, 0) is 61.0 Å². The highest BCUT2D eigenvalue weighted by atomic mass is 19.1. The molecule has 1 aliphatic heterocycles. The van der Waals surface area contributed by atoms with Crippen molar-refractivity contribution in [3.63, 3.8) is 0 Å². The first kappa shape index (κ1) is 25.0. The first-order valence-electron chi connectivity index (χ1n) is 11.7. The number of pyridine rings is 1. The van der Waals surface area contributed by atoms with E-state index >= 15 is 0 Å². The maximum absolute atomic E-state index is 13.3. The highest BCUT2D eigenvalue weighted by molar-refractivity contribution is 5.87. The summed E-state index contributed by atoms with van der Waals surface area (Å²) in [6.07, 6.45) is 2.14. The van der Waals surface area contributed by atoms with Gasteiger partial charge in [0.25, 0.3) is 0 Å². The zero-order chi connectivity index (χ0) is 25.3. The first-order valence-corrected chi connectivity index (χ1v) is 11.7. The number of carbonyl (C=O) groups is 2. The van der Waals surface area contributed by atoms with Crippen LogP contribution in [0.2, 0.25) is 0 Å². The Hall–Kier alpha value is -4.14. The van der Waals surface area contributed by atoms with Gasteiger partial charge >= 0.3 is 12.1 Å². The molecule has 8 nitrogen and oxygen atoms in total. The van der Waals surface area contributed by atoms with Crippen molar-refractivity contribution in [2.75, 3.05) is 19.7 Å². The molecule has 9 heteroatoms. The highest BCUT2D eigenvalue weighted by Gasteiger charge is 2.25. The van der Waals surface area contributed by atoms with Gasteiger partial charge in [0.1, 0.15) is 35.7 Å². The summed E-state index contributed by atoms with van der Waals surface area (Å²) in [7, 11) is 0. The molecule has 2 aromatic carbocycles. The minimum absolute atomic E-state index is 0.0290. The second-order valence-corrected chi connectivity index (χ2v) is 8.16. The van der Waals surface area contributed by atoms with E-state index in [1.165, 1.54) is 30.5 Å². The molecule has 4 rings (SSSR count). The molecule has 0 N–H and O–H groups in total. The number of halogens is 1. The molecule has 0 bridgehead atoms. The number of hydrogen-bond donors (Lipinski definition) is 0. The molecule has 1 aliphatic rings. The molecule has 0 saturated carbocycles. The number of hydrogen-bond acceptors (Lipinski definition) is 7. The Bertz CT molecular complexity index is 1160. The van der Waals surface area contributed by atoms with E-state index in [4.69, 9.17) is 18.9 Å². The Morgan fingerprint density at radius 3 is 2.39 bits per heavy atom. The first-order chi connectivity index (χ1) is 17.5. The van der Waals surface area contributed by atoms with Crippen LogP contribution in [0.25, 0.3) is 0 Å². The van der Waals surface area contributed by atoms with E-state index in [9.17, 15) is 14.0 Å².